The van der Waals surface area contributed by atoms with Gasteiger partial charge in [-0.25, -0.2) is 18.1 Å². The first-order valence-corrected chi connectivity index (χ1v) is 6.79. The molecule has 0 aliphatic carbocycles. The second-order valence-electron chi connectivity index (χ2n) is 3.81. The van der Waals surface area contributed by atoms with Crippen molar-refractivity contribution in [3.05, 3.63) is 23.8 Å². The molecule has 0 atom stereocenters. The Kier molecular flexibility index (Phi) is 2.76. The fraction of sp³-hybridized carbons (Fsp3) is 0.333. The molecule has 0 saturated heterocycles. The van der Waals surface area contributed by atoms with E-state index in [4.69, 9.17) is 5.73 Å². The summed E-state index contributed by atoms with van der Waals surface area (Å²) in [6.07, 6.45) is 4.46. The molecule has 0 aromatic carbocycles. The molecule has 92 valence electrons. The molecule has 2 rings (SSSR count). The summed E-state index contributed by atoms with van der Waals surface area (Å²) in [5.41, 5.74) is 7.57. The molecular weight excluding hydrogens is 242 g/mol. The molecule has 2 aromatic heterocycles. The highest BCUT2D eigenvalue weighted by Crippen LogP contribution is 2.10. The van der Waals surface area contributed by atoms with Crippen molar-refractivity contribution in [1.29, 1.82) is 0 Å². The SMILES string of the molecule is Cc1nc(CNS(C)(=O)=O)cn2cc(N)nc12. The zero-order valence-corrected chi connectivity index (χ0v) is 10.3. The summed E-state index contributed by atoms with van der Waals surface area (Å²) in [5.74, 6) is 0.406. The Morgan fingerprint density at radius 3 is 2.76 bits per heavy atom. The number of anilines is 1. The largest absolute Gasteiger partial charge is 0.382 e. The lowest BCUT2D eigenvalue weighted by Crippen LogP contribution is -2.22. The molecule has 0 amide bonds. The normalized spacial score (nSPS) is 12.1. The van der Waals surface area contributed by atoms with Gasteiger partial charge in [0.15, 0.2) is 5.65 Å². The standard InChI is InChI=1S/C9H13N5O2S/c1-6-9-13-8(10)5-14(9)4-7(12-6)3-11-17(2,15)16/h4-5,11H,3,10H2,1-2H3. The van der Waals surface area contributed by atoms with Crippen molar-refractivity contribution in [2.24, 2.45) is 0 Å². The fourth-order valence-corrected chi connectivity index (χ4v) is 1.93. The zero-order valence-electron chi connectivity index (χ0n) is 9.51. The van der Waals surface area contributed by atoms with Crippen molar-refractivity contribution in [2.75, 3.05) is 12.0 Å². The summed E-state index contributed by atoms with van der Waals surface area (Å²) in [4.78, 5) is 8.35. The van der Waals surface area contributed by atoms with Crippen LogP contribution in [0.5, 0.6) is 0 Å². The van der Waals surface area contributed by atoms with Gasteiger partial charge in [0.25, 0.3) is 0 Å². The number of aryl methyl sites for hydroxylation is 1. The molecule has 3 N–H and O–H groups in total. The Morgan fingerprint density at radius 2 is 2.12 bits per heavy atom. The predicted octanol–water partition coefficient (Wildman–Crippen LogP) is -0.331. The molecular formula is C9H13N5O2S. The van der Waals surface area contributed by atoms with Crippen LogP contribution in [-0.2, 0) is 16.6 Å². The van der Waals surface area contributed by atoms with Gasteiger partial charge in [-0.3, -0.25) is 4.98 Å². The van der Waals surface area contributed by atoms with E-state index in [1.165, 1.54) is 0 Å². The monoisotopic (exact) mass is 255 g/mol. The average Bonchev–Trinajstić information content (AvgIpc) is 2.55. The number of hydrogen-bond donors (Lipinski definition) is 2. The van der Waals surface area contributed by atoms with E-state index in [0.29, 0.717) is 22.9 Å². The van der Waals surface area contributed by atoms with Gasteiger partial charge >= 0.3 is 0 Å². The Labute approximate surface area is 98.7 Å². The highest BCUT2D eigenvalue weighted by atomic mass is 32.2. The molecule has 2 heterocycles. The molecule has 0 aliphatic rings. The Morgan fingerprint density at radius 1 is 1.41 bits per heavy atom. The number of nitrogens with one attached hydrogen (secondary N) is 1. The maximum Gasteiger partial charge on any atom is 0.209 e. The highest BCUT2D eigenvalue weighted by molar-refractivity contribution is 7.88. The van der Waals surface area contributed by atoms with Gasteiger partial charge in [0.2, 0.25) is 10.0 Å². The van der Waals surface area contributed by atoms with Crippen LogP contribution in [-0.4, -0.2) is 29.0 Å². The third-order valence-corrected chi connectivity index (χ3v) is 2.86. The number of fused-ring (bicyclic) bond motifs is 1. The summed E-state index contributed by atoms with van der Waals surface area (Å²) in [6.45, 7) is 1.94. The summed E-state index contributed by atoms with van der Waals surface area (Å²) in [5, 5.41) is 0. The molecule has 0 fully saturated rings. The number of hydrogen-bond acceptors (Lipinski definition) is 5. The van der Waals surface area contributed by atoms with Crippen LogP contribution >= 0.6 is 0 Å². The molecule has 7 nitrogen and oxygen atoms in total. The first-order valence-electron chi connectivity index (χ1n) is 4.90. The van der Waals surface area contributed by atoms with Crippen LogP contribution in [0.25, 0.3) is 5.65 Å². The lowest BCUT2D eigenvalue weighted by molar-refractivity contribution is 0.586. The van der Waals surface area contributed by atoms with E-state index in [9.17, 15) is 8.42 Å². The Bertz CT molecular complexity index is 661. The maximum atomic E-state index is 11.0. The number of rotatable bonds is 3. The van der Waals surface area contributed by atoms with Gasteiger partial charge < -0.3 is 10.1 Å². The van der Waals surface area contributed by atoms with Crippen molar-refractivity contribution >= 4 is 21.5 Å². The third-order valence-electron chi connectivity index (χ3n) is 2.19. The first-order chi connectivity index (χ1) is 7.85. The van der Waals surface area contributed by atoms with Crippen LogP contribution in [0.2, 0.25) is 0 Å². The summed E-state index contributed by atoms with van der Waals surface area (Å²) >= 11 is 0. The van der Waals surface area contributed by atoms with Crippen molar-refractivity contribution < 1.29 is 8.42 Å². The smallest absolute Gasteiger partial charge is 0.209 e. The number of aromatic nitrogens is 3. The van der Waals surface area contributed by atoms with Gasteiger partial charge in [0.05, 0.1) is 30.4 Å². The molecule has 0 spiro atoms. The lowest BCUT2D eigenvalue weighted by atomic mass is 10.4. The zero-order chi connectivity index (χ0) is 12.6. The average molecular weight is 255 g/mol. The minimum Gasteiger partial charge on any atom is -0.382 e. The molecule has 0 radical (unpaired) electrons. The van der Waals surface area contributed by atoms with Crippen molar-refractivity contribution in [2.45, 2.75) is 13.5 Å². The van der Waals surface area contributed by atoms with E-state index in [2.05, 4.69) is 14.7 Å². The van der Waals surface area contributed by atoms with Gasteiger partial charge in [-0.15, -0.1) is 0 Å². The van der Waals surface area contributed by atoms with E-state index in [1.54, 1.807) is 23.7 Å². The van der Waals surface area contributed by atoms with Crippen LogP contribution < -0.4 is 10.5 Å². The van der Waals surface area contributed by atoms with Gasteiger partial charge in [-0.05, 0) is 6.92 Å². The molecule has 8 heteroatoms. The molecule has 0 aliphatic heterocycles. The quantitative estimate of drug-likeness (QED) is 0.781. The van der Waals surface area contributed by atoms with Gasteiger partial charge in [0, 0.05) is 6.20 Å². The van der Waals surface area contributed by atoms with E-state index in [-0.39, 0.29) is 6.54 Å². The van der Waals surface area contributed by atoms with Crippen molar-refractivity contribution in [3.8, 4) is 0 Å². The van der Waals surface area contributed by atoms with Gasteiger partial charge in [-0.1, -0.05) is 0 Å². The molecule has 2 aromatic rings. The Balaban J connectivity index is 2.36. The lowest BCUT2D eigenvalue weighted by Gasteiger charge is -2.04. The van der Waals surface area contributed by atoms with Crippen molar-refractivity contribution in [1.82, 2.24) is 19.1 Å². The molecule has 17 heavy (non-hydrogen) atoms. The highest BCUT2D eigenvalue weighted by Gasteiger charge is 2.07. The van der Waals surface area contributed by atoms with Crippen molar-refractivity contribution in [3.63, 3.8) is 0 Å². The van der Waals surface area contributed by atoms with E-state index < -0.39 is 10.0 Å². The van der Waals surface area contributed by atoms with Crippen LogP contribution in [0.1, 0.15) is 11.4 Å². The van der Waals surface area contributed by atoms with Crippen LogP contribution in [0.15, 0.2) is 12.4 Å². The number of nitrogen functional groups attached to an aromatic ring is 1. The number of sulfonamides is 1. The summed E-state index contributed by atoms with van der Waals surface area (Å²) in [7, 11) is -3.22. The Hall–Kier alpha value is -1.67. The van der Waals surface area contributed by atoms with Crippen LogP contribution in [0.4, 0.5) is 5.82 Å². The number of nitrogens with zero attached hydrogens (tertiary/aromatic N) is 3. The second-order valence-corrected chi connectivity index (χ2v) is 5.64. The molecule has 0 bridgehead atoms. The fourth-order valence-electron chi connectivity index (χ4n) is 1.52. The van der Waals surface area contributed by atoms with Gasteiger partial charge in [0.1, 0.15) is 5.82 Å². The second kappa shape index (κ2) is 3.97. The van der Waals surface area contributed by atoms with Crippen LogP contribution in [0.3, 0.4) is 0 Å². The number of nitrogens with two attached hydrogens (primary N) is 1. The third kappa shape index (κ3) is 2.71. The van der Waals surface area contributed by atoms with E-state index >= 15 is 0 Å². The first kappa shape index (κ1) is 11.8. The van der Waals surface area contributed by atoms with E-state index in [1.807, 2.05) is 0 Å². The van der Waals surface area contributed by atoms with E-state index in [0.717, 1.165) is 6.26 Å². The minimum atomic E-state index is -3.22. The van der Waals surface area contributed by atoms with Crippen LogP contribution in [0, 0.1) is 6.92 Å². The molecule has 0 saturated carbocycles. The summed E-state index contributed by atoms with van der Waals surface area (Å²) < 4.78 is 26.1. The molecule has 0 unspecified atom stereocenters. The maximum absolute atomic E-state index is 11.0. The number of imidazole rings is 1. The summed E-state index contributed by atoms with van der Waals surface area (Å²) in [6, 6.07) is 0. The minimum absolute atomic E-state index is 0.147. The topological polar surface area (TPSA) is 102 Å². The van der Waals surface area contributed by atoms with Gasteiger partial charge in [-0.2, -0.15) is 0 Å². The predicted molar refractivity (Wildman–Crippen MR) is 63.8 cm³/mol.